The average Bonchev–Trinajstić information content (AvgIpc) is 2.94. The molecule has 1 saturated carbocycles. The summed E-state index contributed by atoms with van der Waals surface area (Å²) >= 11 is 0. The predicted octanol–water partition coefficient (Wildman–Crippen LogP) is 1.97. The number of ketones is 1. The van der Waals surface area contributed by atoms with Gasteiger partial charge in [-0.2, -0.15) is 0 Å². The van der Waals surface area contributed by atoms with Gasteiger partial charge >= 0.3 is 5.97 Å². The molecular weight excluding hydrogens is 302 g/mol. The van der Waals surface area contributed by atoms with E-state index in [9.17, 15) is 19.7 Å². The summed E-state index contributed by atoms with van der Waals surface area (Å²) in [5.74, 6) is -1.36. The highest BCUT2D eigenvalue weighted by Gasteiger charge is 2.57. The van der Waals surface area contributed by atoms with Crippen molar-refractivity contribution >= 4 is 11.8 Å². The fraction of sp³-hybridized carbons (Fsp3) is 0.500. The Kier molecular flexibility index (Phi) is 4.98. The number of hydrogen-bond acceptors (Lipinski definition) is 6. The van der Waals surface area contributed by atoms with Crippen molar-refractivity contribution in [2.24, 2.45) is 5.41 Å². The second kappa shape index (κ2) is 6.76. The van der Waals surface area contributed by atoms with Gasteiger partial charge in [0.1, 0.15) is 11.2 Å². The molecule has 0 spiro atoms. The number of benzene rings is 1. The second-order valence-electron chi connectivity index (χ2n) is 5.58. The number of nitrogens with zero attached hydrogens (tertiary/aromatic N) is 1. The second-order valence-corrected chi connectivity index (χ2v) is 5.58. The standard InChI is InChI=1S/C16H19NO6/c1-22-12-6-3-5-11(9-12)13(10-17(20)21)16(15(19)23-2)8-4-7-14(16)18/h3,5-6,9,13H,4,7-8,10H2,1-2H3/t13-,16+/m1/s1. The molecular formula is C16H19NO6. The Morgan fingerprint density at radius 3 is 2.70 bits per heavy atom. The summed E-state index contributed by atoms with van der Waals surface area (Å²) in [4.78, 5) is 35.6. The van der Waals surface area contributed by atoms with Gasteiger partial charge in [-0.1, -0.05) is 12.1 Å². The molecule has 0 bridgehead atoms. The van der Waals surface area contributed by atoms with Gasteiger partial charge in [0.25, 0.3) is 0 Å². The molecule has 0 amide bonds. The zero-order valence-corrected chi connectivity index (χ0v) is 13.1. The summed E-state index contributed by atoms with van der Waals surface area (Å²) in [5.41, 5.74) is -0.963. The Bertz CT molecular complexity index is 629. The number of methoxy groups -OCH3 is 2. The minimum absolute atomic E-state index is 0.229. The first-order chi connectivity index (χ1) is 11.0. The van der Waals surface area contributed by atoms with E-state index in [1.807, 2.05) is 0 Å². The Hall–Kier alpha value is -2.44. The molecule has 1 fully saturated rings. The molecule has 23 heavy (non-hydrogen) atoms. The molecule has 0 radical (unpaired) electrons. The molecule has 1 aliphatic rings. The van der Waals surface area contributed by atoms with Gasteiger partial charge in [0.15, 0.2) is 5.78 Å². The molecule has 1 aliphatic carbocycles. The lowest BCUT2D eigenvalue weighted by Crippen LogP contribution is -2.44. The molecule has 124 valence electrons. The van der Waals surface area contributed by atoms with Crippen LogP contribution >= 0.6 is 0 Å². The van der Waals surface area contributed by atoms with Crippen LogP contribution in [0, 0.1) is 15.5 Å². The molecule has 0 saturated heterocycles. The Morgan fingerprint density at radius 1 is 1.43 bits per heavy atom. The highest BCUT2D eigenvalue weighted by molar-refractivity contribution is 6.06. The van der Waals surface area contributed by atoms with E-state index in [2.05, 4.69) is 0 Å². The quantitative estimate of drug-likeness (QED) is 0.344. The van der Waals surface area contributed by atoms with Gasteiger partial charge in [-0.25, -0.2) is 0 Å². The van der Waals surface area contributed by atoms with Gasteiger partial charge in [-0.15, -0.1) is 0 Å². The van der Waals surface area contributed by atoms with Gasteiger partial charge in [0, 0.05) is 11.3 Å². The van der Waals surface area contributed by atoms with Crippen LogP contribution < -0.4 is 4.74 Å². The maximum absolute atomic E-state index is 12.5. The SMILES string of the molecule is COC(=O)[C@]1([C@H](C[N+](=O)[O-])c2cccc(OC)c2)CCCC1=O. The monoisotopic (exact) mass is 321 g/mol. The fourth-order valence-corrected chi connectivity index (χ4v) is 3.35. The van der Waals surface area contributed by atoms with Crippen molar-refractivity contribution in [2.45, 2.75) is 25.2 Å². The molecule has 1 aromatic carbocycles. The summed E-state index contributed by atoms with van der Waals surface area (Å²) in [6.45, 7) is -0.520. The van der Waals surface area contributed by atoms with Crippen LogP contribution in [0.3, 0.4) is 0 Å². The molecule has 7 heteroatoms. The van der Waals surface area contributed by atoms with E-state index >= 15 is 0 Å². The molecule has 2 rings (SSSR count). The van der Waals surface area contributed by atoms with Crippen molar-refractivity contribution in [3.63, 3.8) is 0 Å². The van der Waals surface area contributed by atoms with Crippen molar-refractivity contribution < 1.29 is 24.0 Å². The van der Waals surface area contributed by atoms with Gasteiger partial charge < -0.3 is 9.47 Å². The highest BCUT2D eigenvalue weighted by atomic mass is 16.6. The predicted molar refractivity (Wildman–Crippen MR) is 80.9 cm³/mol. The van der Waals surface area contributed by atoms with Crippen molar-refractivity contribution in [3.05, 3.63) is 39.9 Å². The zero-order chi connectivity index (χ0) is 17.0. The Balaban J connectivity index is 2.57. The highest BCUT2D eigenvalue weighted by Crippen LogP contribution is 2.48. The number of carbonyl (C=O) groups is 2. The number of ether oxygens (including phenoxy) is 2. The zero-order valence-electron chi connectivity index (χ0n) is 13.1. The molecule has 0 heterocycles. The topological polar surface area (TPSA) is 95.7 Å². The fourth-order valence-electron chi connectivity index (χ4n) is 3.35. The van der Waals surface area contributed by atoms with Crippen LogP contribution in [0.1, 0.15) is 30.7 Å². The molecule has 2 atom stereocenters. The number of carbonyl (C=O) groups excluding carboxylic acids is 2. The molecule has 0 N–H and O–H groups in total. The summed E-state index contributed by atoms with van der Waals surface area (Å²) in [7, 11) is 2.68. The van der Waals surface area contributed by atoms with Crippen LogP contribution in [0.4, 0.5) is 0 Å². The van der Waals surface area contributed by atoms with E-state index in [1.54, 1.807) is 24.3 Å². The van der Waals surface area contributed by atoms with Gasteiger partial charge in [-0.05, 0) is 30.5 Å². The lowest BCUT2D eigenvalue weighted by atomic mass is 9.70. The first-order valence-corrected chi connectivity index (χ1v) is 7.33. The van der Waals surface area contributed by atoms with E-state index in [4.69, 9.17) is 9.47 Å². The Labute approximate surface area is 133 Å². The maximum Gasteiger partial charge on any atom is 0.320 e. The maximum atomic E-state index is 12.5. The first-order valence-electron chi connectivity index (χ1n) is 7.33. The summed E-state index contributed by atoms with van der Waals surface area (Å²) in [5, 5.41) is 11.2. The van der Waals surface area contributed by atoms with Crippen LogP contribution in [-0.2, 0) is 14.3 Å². The number of esters is 1. The number of Topliss-reactive ketones (excluding diaryl/α,β-unsaturated/α-hetero) is 1. The number of rotatable bonds is 6. The van der Waals surface area contributed by atoms with Crippen LogP contribution in [-0.4, -0.2) is 37.4 Å². The van der Waals surface area contributed by atoms with E-state index in [0.29, 0.717) is 17.7 Å². The first kappa shape index (κ1) is 16.9. The lowest BCUT2D eigenvalue weighted by Gasteiger charge is -2.31. The van der Waals surface area contributed by atoms with Crippen LogP contribution in [0.2, 0.25) is 0 Å². The molecule has 0 unspecified atom stereocenters. The average molecular weight is 321 g/mol. The smallest absolute Gasteiger partial charge is 0.320 e. The van der Waals surface area contributed by atoms with Crippen LogP contribution in [0.15, 0.2) is 24.3 Å². The van der Waals surface area contributed by atoms with Crippen molar-refractivity contribution in [1.29, 1.82) is 0 Å². The minimum atomic E-state index is -1.49. The van der Waals surface area contributed by atoms with Gasteiger partial charge in [-0.3, -0.25) is 19.7 Å². The summed E-state index contributed by atoms with van der Waals surface area (Å²) < 4.78 is 9.98. The summed E-state index contributed by atoms with van der Waals surface area (Å²) in [6.07, 6.45) is 1.01. The lowest BCUT2D eigenvalue weighted by molar-refractivity contribution is -0.485. The summed E-state index contributed by atoms with van der Waals surface area (Å²) in [6, 6.07) is 6.69. The third kappa shape index (κ3) is 3.04. The Morgan fingerprint density at radius 2 is 2.17 bits per heavy atom. The van der Waals surface area contributed by atoms with Crippen LogP contribution in [0.5, 0.6) is 5.75 Å². The number of nitro groups is 1. The van der Waals surface area contributed by atoms with E-state index in [-0.39, 0.29) is 18.6 Å². The van der Waals surface area contributed by atoms with E-state index < -0.39 is 28.8 Å². The van der Waals surface area contributed by atoms with Crippen molar-refractivity contribution in [1.82, 2.24) is 0 Å². The third-order valence-corrected chi connectivity index (χ3v) is 4.44. The molecule has 0 aliphatic heterocycles. The normalized spacial score (nSPS) is 21.7. The van der Waals surface area contributed by atoms with Gasteiger partial charge in [0.05, 0.1) is 20.1 Å². The van der Waals surface area contributed by atoms with E-state index in [0.717, 1.165) is 0 Å². The van der Waals surface area contributed by atoms with Crippen molar-refractivity contribution in [2.75, 3.05) is 20.8 Å². The van der Waals surface area contributed by atoms with Crippen molar-refractivity contribution in [3.8, 4) is 5.75 Å². The largest absolute Gasteiger partial charge is 0.497 e. The molecule has 0 aromatic heterocycles. The molecule has 7 nitrogen and oxygen atoms in total. The number of hydrogen-bond donors (Lipinski definition) is 0. The minimum Gasteiger partial charge on any atom is -0.497 e. The van der Waals surface area contributed by atoms with E-state index in [1.165, 1.54) is 14.2 Å². The third-order valence-electron chi connectivity index (χ3n) is 4.44. The van der Waals surface area contributed by atoms with Crippen LogP contribution in [0.25, 0.3) is 0 Å². The van der Waals surface area contributed by atoms with Gasteiger partial charge in [0.2, 0.25) is 6.54 Å². The molecule has 1 aromatic rings.